The van der Waals surface area contributed by atoms with Crippen molar-refractivity contribution in [2.24, 2.45) is 0 Å². The van der Waals surface area contributed by atoms with E-state index in [1.165, 1.54) is 65.3 Å². The molecule has 1 heterocycles. The van der Waals surface area contributed by atoms with E-state index in [1.807, 2.05) is 30.3 Å². The monoisotopic (exact) mass is 623 g/mol. The first-order valence-electron chi connectivity index (χ1n) is 16.7. The van der Waals surface area contributed by atoms with Crippen LogP contribution in [-0.4, -0.2) is 15.0 Å². The minimum Gasteiger partial charge on any atom is -0.150 e. The largest absolute Gasteiger partial charge is 0.150 e. The molecule has 9 aromatic carbocycles. The molecule has 0 aliphatic heterocycles. The van der Waals surface area contributed by atoms with Crippen molar-refractivity contribution in [3.05, 3.63) is 176 Å². The van der Waals surface area contributed by atoms with Gasteiger partial charge in [0, 0.05) is 0 Å². The number of aromatic nitrogens is 3. The molecule has 0 spiro atoms. The van der Waals surface area contributed by atoms with Crippen molar-refractivity contribution in [2.45, 2.75) is 0 Å². The molecule has 0 saturated carbocycles. The molecular formula is C46H29N3. The van der Waals surface area contributed by atoms with Crippen LogP contribution in [0.2, 0.25) is 0 Å². The quantitative estimate of drug-likeness (QED) is 0.183. The van der Waals surface area contributed by atoms with Crippen LogP contribution in [0.3, 0.4) is 0 Å². The summed E-state index contributed by atoms with van der Waals surface area (Å²) in [4.78, 5) is 1.72. The molecule has 0 radical (unpaired) electrons. The van der Waals surface area contributed by atoms with Crippen molar-refractivity contribution in [1.29, 1.82) is 0 Å². The van der Waals surface area contributed by atoms with Gasteiger partial charge in [0.1, 0.15) is 11.0 Å². The Balaban J connectivity index is 1.25. The molecule has 0 aliphatic carbocycles. The molecule has 1 aromatic heterocycles. The van der Waals surface area contributed by atoms with Crippen molar-refractivity contribution in [3.63, 3.8) is 0 Å². The SMILES string of the molecule is c1ccc(-n2nc3ccc(-c4ccc5c(-c6ccc7ccccc7c6)c6ccccc6c(-c6ccc7ccccc7c6)c5c4)cc3n2)cc1. The predicted molar refractivity (Wildman–Crippen MR) is 205 cm³/mol. The van der Waals surface area contributed by atoms with Crippen molar-refractivity contribution in [1.82, 2.24) is 15.0 Å². The number of benzene rings is 9. The first-order chi connectivity index (χ1) is 24.3. The Kier molecular flexibility index (Phi) is 6.18. The first kappa shape index (κ1) is 27.5. The van der Waals surface area contributed by atoms with Gasteiger partial charge >= 0.3 is 0 Å². The van der Waals surface area contributed by atoms with E-state index in [1.54, 1.807) is 4.80 Å². The fourth-order valence-corrected chi connectivity index (χ4v) is 7.44. The highest BCUT2D eigenvalue weighted by atomic mass is 15.5. The van der Waals surface area contributed by atoms with Crippen molar-refractivity contribution >= 4 is 54.1 Å². The molecule has 0 bridgehead atoms. The summed E-state index contributed by atoms with van der Waals surface area (Å²) >= 11 is 0. The van der Waals surface area contributed by atoms with Gasteiger partial charge in [0.25, 0.3) is 0 Å². The van der Waals surface area contributed by atoms with E-state index < -0.39 is 0 Å². The predicted octanol–water partition coefficient (Wildman–Crippen LogP) is 12.0. The maximum Gasteiger partial charge on any atom is 0.114 e. The lowest BCUT2D eigenvalue weighted by Crippen LogP contribution is -1.97. The Morgan fingerprint density at radius 3 is 1.47 bits per heavy atom. The summed E-state index contributed by atoms with van der Waals surface area (Å²) in [5.74, 6) is 0. The normalized spacial score (nSPS) is 11.7. The van der Waals surface area contributed by atoms with Crippen LogP contribution in [-0.2, 0) is 0 Å². The van der Waals surface area contributed by atoms with Gasteiger partial charge < -0.3 is 0 Å². The van der Waals surface area contributed by atoms with Gasteiger partial charge in [-0.2, -0.15) is 4.80 Å². The molecule has 0 aliphatic rings. The summed E-state index contributed by atoms with van der Waals surface area (Å²) in [5, 5.41) is 19.5. The van der Waals surface area contributed by atoms with Crippen LogP contribution in [0.1, 0.15) is 0 Å². The zero-order valence-corrected chi connectivity index (χ0v) is 26.6. The highest BCUT2D eigenvalue weighted by Gasteiger charge is 2.18. The summed E-state index contributed by atoms with van der Waals surface area (Å²) < 4.78 is 0. The van der Waals surface area contributed by atoms with Crippen LogP contribution in [0.5, 0.6) is 0 Å². The lowest BCUT2D eigenvalue weighted by atomic mass is 9.84. The molecule has 0 amide bonds. The Labute approximate surface area is 283 Å². The van der Waals surface area contributed by atoms with Crippen molar-refractivity contribution in [2.75, 3.05) is 0 Å². The average Bonchev–Trinajstić information content (AvgIpc) is 3.60. The topological polar surface area (TPSA) is 30.7 Å². The van der Waals surface area contributed by atoms with Gasteiger partial charge in [-0.05, 0) is 119 Å². The molecule has 10 rings (SSSR count). The molecule has 10 aromatic rings. The number of nitrogens with zero attached hydrogens (tertiary/aromatic N) is 3. The average molecular weight is 624 g/mol. The summed E-state index contributed by atoms with van der Waals surface area (Å²) in [6, 6.07) is 63.2. The van der Waals surface area contributed by atoms with Gasteiger partial charge in [-0.25, -0.2) is 0 Å². The second-order valence-electron chi connectivity index (χ2n) is 12.7. The van der Waals surface area contributed by atoms with E-state index in [0.717, 1.165) is 27.8 Å². The standard InChI is InChI=1S/C46H29N3/c1-2-14-38(15-3-1)49-47-43-25-23-35(29-44(43)48-49)34-22-24-41-42(28-34)46(37-21-19-31-11-5-7-13-33(31)27-37)40-17-9-8-16-39(40)45(41)36-20-18-30-10-4-6-12-32(30)26-36/h1-29H. The van der Waals surface area contributed by atoms with E-state index in [0.29, 0.717) is 0 Å². The molecular weight excluding hydrogens is 595 g/mol. The highest BCUT2D eigenvalue weighted by molar-refractivity contribution is 6.22. The number of para-hydroxylation sites is 1. The second kappa shape index (κ2) is 11.0. The zero-order valence-electron chi connectivity index (χ0n) is 26.6. The van der Waals surface area contributed by atoms with Gasteiger partial charge in [0.05, 0.1) is 5.69 Å². The number of hydrogen-bond acceptors (Lipinski definition) is 2. The summed E-state index contributed by atoms with van der Waals surface area (Å²) in [6.07, 6.45) is 0. The van der Waals surface area contributed by atoms with Crippen LogP contribution < -0.4 is 0 Å². The Morgan fingerprint density at radius 1 is 0.306 bits per heavy atom. The van der Waals surface area contributed by atoms with E-state index in [9.17, 15) is 0 Å². The zero-order chi connectivity index (χ0) is 32.3. The van der Waals surface area contributed by atoms with Crippen LogP contribution in [0.15, 0.2) is 176 Å². The van der Waals surface area contributed by atoms with E-state index in [-0.39, 0.29) is 0 Å². The number of rotatable bonds is 4. The molecule has 228 valence electrons. The highest BCUT2D eigenvalue weighted by Crippen LogP contribution is 2.45. The lowest BCUT2D eigenvalue weighted by Gasteiger charge is -2.19. The van der Waals surface area contributed by atoms with Crippen LogP contribution in [0.4, 0.5) is 0 Å². The van der Waals surface area contributed by atoms with E-state index in [4.69, 9.17) is 10.2 Å². The number of hydrogen-bond donors (Lipinski definition) is 0. The van der Waals surface area contributed by atoms with Gasteiger partial charge in [-0.1, -0.05) is 133 Å². The Bertz CT molecular complexity index is 2880. The fourth-order valence-electron chi connectivity index (χ4n) is 7.44. The third-order valence-corrected chi connectivity index (χ3v) is 9.80. The molecule has 49 heavy (non-hydrogen) atoms. The number of fused-ring (bicyclic) bond motifs is 5. The van der Waals surface area contributed by atoms with Crippen LogP contribution in [0.25, 0.3) is 93.2 Å². The molecule has 0 atom stereocenters. The fraction of sp³-hybridized carbons (Fsp3) is 0. The minimum absolute atomic E-state index is 0.867. The summed E-state index contributed by atoms with van der Waals surface area (Å²) in [7, 11) is 0. The van der Waals surface area contributed by atoms with Crippen molar-refractivity contribution in [3.8, 4) is 39.1 Å². The van der Waals surface area contributed by atoms with E-state index in [2.05, 4.69) is 146 Å². The van der Waals surface area contributed by atoms with Gasteiger partial charge in [0.2, 0.25) is 0 Å². The minimum atomic E-state index is 0.867. The summed E-state index contributed by atoms with van der Waals surface area (Å²) in [5.41, 5.74) is 9.87. The third kappa shape index (κ3) is 4.59. The van der Waals surface area contributed by atoms with Crippen LogP contribution in [0, 0.1) is 0 Å². The molecule has 0 N–H and O–H groups in total. The molecule has 0 saturated heterocycles. The lowest BCUT2D eigenvalue weighted by molar-refractivity contribution is 0.766. The first-order valence-corrected chi connectivity index (χ1v) is 16.7. The van der Waals surface area contributed by atoms with Crippen molar-refractivity contribution < 1.29 is 0 Å². The Morgan fingerprint density at radius 2 is 0.796 bits per heavy atom. The Hall–Kier alpha value is -6.58. The van der Waals surface area contributed by atoms with E-state index >= 15 is 0 Å². The molecule has 3 heteroatoms. The van der Waals surface area contributed by atoms with Gasteiger partial charge in [-0.15, -0.1) is 10.2 Å². The maximum atomic E-state index is 4.85. The molecule has 0 fully saturated rings. The van der Waals surface area contributed by atoms with Gasteiger partial charge in [0.15, 0.2) is 0 Å². The second-order valence-corrected chi connectivity index (χ2v) is 12.7. The smallest absolute Gasteiger partial charge is 0.114 e. The molecule has 3 nitrogen and oxygen atoms in total. The molecule has 0 unspecified atom stereocenters. The summed E-state index contributed by atoms with van der Waals surface area (Å²) in [6.45, 7) is 0. The van der Waals surface area contributed by atoms with Crippen LogP contribution >= 0.6 is 0 Å². The maximum absolute atomic E-state index is 4.85. The third-order valence-electron chi connectivity index (χ3n) is 9.80. The van der Waals surface area contributed by atoms with Gasteiger partial charge in [-0.3, -0.25) is 0 Å².